The van der Waals surface area contributed by atoms with Crippen molar-refractivity contribution in [2.45, 2.75) is 32.2 Å². The molecule has 2 fully saturated rings. The summed E-state index contributed by atoms with van der Waals surface area (Å²) >= 11 is 0. The molecule has 7 heteroatoms. The fraction of sp³-hybridized carbons (Fsp3) is 0.440. The number of nitrogens with zero attached hydrogens (tertiary/aromatic N) is 5. The van der Waals surface area contributed by atoms with Crippen LogP contribution in [0, 0.1) is 6.92 Å². The molecule has 0 bridgehead atoms. The molecule has 0 radical (unpaired) electrons. The quantitative estimate of drug-likeness (QED) is 0.640. The Balaban J connectivity index is 1.22. The minimum absolute atomic E-state index is 0.122. The van der Waals surface area contributed by atoms with Crippen LogP contribution in [0.2, 0.25) is 0 Å². The summed E-state index contributed by atoms with van der Waals surface area (Å²) in [5.74, 6) is 0.000686. The first-order chi connectivity index (χ1) is 15.6. The highest BCUT2D eigenvalue weighted by atomic mass is 16.2. The lowest BCUT2D eigenvalue weighted by Gasteiger charge is -2.34. The van der Waals surface area contributed by atoms with Gasteiger partial charge in [-0.1, -0.05) is 42.5 Å². The van der Waals surface area contributed by atoms with E-state index in [-0.39, 0.29) is 17.9 Å². The highest BCUT2D eigenvalue weighted by Crippen LogP contribution is 2.28. The number of hydrogen-bond donors (Lipinski definition) is 0. The van der Waals surface area contributed by atoms with E-state index < -0.39 is 0 Å². The summed E-state index contributed by atoms with van der Waals surface area (Å²) < 4.78 is 0. The lowest BCUT2D eigenvalue weighted by atomic mass is 10.2. The second kappa shape index (κ2) is 10.5. The molecule has 2 amide bonds. The van der Waals surface area contributed by atoms with Crippen LogP contribution in [0.25, 0.3) is 6.08 Å². The van der Waals surface area contributed by atoms with Crippen LogP contribution in [0.15, 0.2) is 48.8 Å². The number of benzene rings is 1. The Kier molecular flexibility index (Phi) is 7.27. The molecule has 2 aromatic rings. The van der Waals surface area contributed by atoms with Crippen LogP contribution in [0.3, 0.4) is 0 Å². The molecule has 0 unspecified atom stereocenters. The normalized spacial score (nSPS) is 17.0. The number of amides is 2. The number of piperazine rings is 1. The lowest BCUT2D eigenvalue weighted by Crippen LogP contribution is -2.49. The molecule has 0 spiro atoms. The maximum Gasteiger partial charge on any atom is 0.274 e. The number of carbonyl (C=O) groups excluding carboxylic acids is 2. The fourth-order valence-corrected chi connectivity index (χ4v) is 3.94. The molecule has 2 aliphatic rings. The monoisotopic (exact) mass is 433 g/mol. The molecule has 1 aromatic heterocycles. The molecule has 1 saturated carbocycles. The summed E-state index contributed by atoms with van der Waals surface area (Å²) in [5.41, 5.74) is 2.34. The van der Waals surface area contributed by atoms with E-state index in [0.717, 1.165) is 51.3 Å². The number of rotatable bonds is 8. The molecule has 4 rings (SSSR count). The van der Waals surface area contributed by atoms with E-state index in [4.69, 9.17) is 0 Å². The largest absolute Gasteiger partial charge is 0.340 e. The average molecular weight is 434 g/mol. The molecule has 1 saturated heterocycles. The van der Waals surface area contributed by atoms with Gasteiger partial charge in [-0.3, -0.25) is 19.5 Å². The van der Waals surface area contributed by atoms with Crippen molar-refractivity contribution in [1.82, 2.24) is 24.7 Å². The van der Waals surface area contributed by atoms with Crippen LogP contribution in [0.4, 0.5) is 0 Å². The molecule has 1 aromatic carbocycles. The number of hydrogen-bond acceptors (Lipinski definition) is 5. The standard InChI is InChI=1S/C25H31N5O2/c1-20-18-27-23(19-26-20)25(32)30(22-9-10-22)13-11-24(31)29-16-14-28(15-17-29)12-5-8-21-6-3-2-4-7-21/h2-8,18-19,22H,9-17H2,1H3. The molecular weight excluding hydrogens is 402 g/mol. The molecule has 0 atom stereocenters. The first kappa shape index (κ1) is 22.1. The van der Waals surface area contributed by atoms with Gasteiger partial charge in [0, 0.05) is 57.9 Å². The Hall–Kier alpha value is -3.06. The maximum atomic E-state index is 12.9. The second-order valence-corrected chi connectivity index (χ2v) is 8.52. The van der Waals surface area contributed by atoms with E-state index >= 15 is 0 Å². The van der Waals surface area contributed by atoms with Crippen LogP contribution in [-0.2, 0) is 4.79 Å². The van der Waals surface area contributed by atoms with Crippen LogP contribution in [0.5, 0.6) is 0 Å². The molecule has 7 nitrogen and oxygen atoms in total. The van der Waals surface area contributed by atoms with E-state index in [1.54, 1.807) is 6.20 Å². The van der Waals surface area contributed by atoms with Gasteiger partial charge in [0.05, 0.1) is 11.9 Å². The van der Waals surface area contributed by atoms with Gasteiger partial charge in [-0.2, -0.15) is 0 Å². The first-order valence-electron chi connectivity index (χ1n) is 11.4. The Bertz CT molecular complexity index is 933. The molecule has 1 aliphatic heterocycles. The zero-order valence-electron chi connectivity index (χ0n) is 18.7. The van der Waals surface area contributed by atoms with Crippen LogP contribution in [0.1, 0.15) is 41.0 Å². The van der Waals surface area contributed by atoms with Crippen molar-refractivity contribution in [3.8, 4) is 0 Å². The van der Waals surface area contributed by atoms with E-state index in [0.29, 0.717) is 18.7 Å². The van der Waals surface area contributed by atoms with Crippen molar-refractivity contribution in [3.63, 3.8) is 0 Å². The second-order valence-electron chi connectivity index (χ2n) is 8.52. The number of aromatic nitrogens is 2. The number of aryl methyl sites for hydroxylation is 1. The van der Waals surface area contributed by atoms with E-state index in [1.807, 2.05) is 34.9 Å². The van der Waals surface area contributed by atoms with Crippen molar-refractivity contribution in [2.24, 2.45) is 0 Å². The predicted molar refractivity (Wildman–Crippen MR) is 124 cm³/mol. The third kappa shape index (κ3) is 6.01. The van der Waals surface area contributed by atoms with Crippen molar-refractivity contribution in [1.29, 1.82) is 0 Å². The van der Waals surface area contributed by atoms with Gasteiger partial charge in [0.15, 0.2) is 0 Å². The molecule has 0 N–H and O–H groups in total. The molecule has 2 heterocycles. The Labute approximate surface area is 189 Å². The summed E-state index contributed by atoms with van der Waals surface area (Å²) in [5, 5.41) is 0. The Morgan fingerprint density at radius 3 is 2.47 bits per heavy atom. The van der Waals surface area contributed by atoms with Gasteiger partial charge in [0.1, 0.15) is 5.69 Å². The minimum Gasteiger partial charge on any atom is -0.340 e. The van der Waals surface area contributed by atoms with Crippen molar-refractivity contribution >= 4 is 17.9 Å². The molecular formula is C25H31N5O2. The summed E-state index contributed by atoms with van der Waals surface area (Å²) in [6, 6.07) is 10.5. The van der Waals surface area contributed by atoms with E-state index in [2.05, 4.69) is 39.2 Å². The zero-order chi connectivity index (χ0) is 22.3. The fourth-order valence-electron chi connectivity index (χ4n) is 3.94. The molecule has 32 heavy (non-hydrogen) atoms. The highest BCUT2D eigenvalue weighted by Gasteiger charge is 2.34. The summed E-state index contributed by atoms with van der Waals surface area (Å²) in [7, 11) is 0. The SMILES string of the molecule is Cc1cnc(C(=O)N(CCC(=O)N2CCN(CC=Cc3ccccc3)CC2)C2CC2)cn1. The topological polar surface area (TPSA) is 69.6 Å². The van der Waals surface area contributed by atoms with Crippen molar-refractivity contribution < 1.29 is 9.59 Å². The van der Waals surface area contributed by atoms with Crippen LogP contribution in [-0.4, -0.2) is 81.8 Å². The smallest absolute Gasteiger partial charge is 0.274 e. The minimum atomic E-state index is -0.122. The zero-order valence-corrected chi connectivity index (χ0v) is 18.7. The van der Waals surface area contributed by atoms with Gasteiger partial charge in [-0.25, -0.2) is 4.98 Å². The summed E-state index contributed by atoms with van der Waals surface area (Å²) in [6.45, 7) is 6.39. The highest BCUT2D eigenvalue weighted by molar-refractivity contribution is 5.92. The first-order valence-corrected chi connectivity index (χ1v) is 11.4. The molecule has 168 valence electrons. The maximum absolute atomic E-state index is 12.9. The summed E-state index contributed by atoms with van der Waals surface area (Å²) in [6.07, 6.45) is 9.80. The third-order valence-corrected chi connectivity index (χ3v) is 6.01. The van der Waals surface area contributed by atoms with Gasteiger partial charge in [0.25, 0.3) is 5.91 Å². The van der Waals surface area contributed by atoms with Gasteiger partial charge >= 0.3 is 0 Å². The Morgan fingerprint density at radius 1 is 1.06 bits per heavy atom. The van der Waals surface area contributed by atoms with Gasteiger partial charge in [-0.05, 0) is 25.3 Å². The lowest BCUT2D eigenvalue weighted by molar-refractivity contribution is -0.133. The molecule has 1 aliphatic carbocycles. The van der Waals surface area contributed by atoms with Crippen molar-refractivity contribution in [3.05, 3.63) is 65.8 Å². The van der Waals surface area contributed by atoms with E-state index in [9.17, 15) is 9.59 Å². The number of carbonyl (C=O) groups is 2. The van der Waals surface area contributed by atoms with Gasteiger partial charge < -0.3 is 9.80 Å². The third-order valence-electron chi connectivity index (χ3n) is 6.01. The van der Waals surface area contributed by atoms with Crippen molar-refractivity contribution in [2.75, 3.05) is 39.3 Å². The van der Waals surface area contributed by atoms with Crippen LogP contribution < -0.4 is 0 Å². The predicted octanol–water partition coefficient (Wildman–Crippen LogP) is 2.64. The van der Waals surface area contributed by atoms with E-state index in [1.165, 1.54) is 11.8 Å². The Morgan fingerprint density at radius 2 is 1.81 bits per heavy atom. The summed E-state index contributed by atoms with van der Waals surface area (Å²) in [4.78, 5) is 40.1. The average Bonchev–Trinajstić information content (AvgIpc) is 3.66. The van der Waals surface area contributed by atoms with Gasteiger partial charge in [-0.15, -0.1) is 0 Å². The van der Waals surface area contributed by atoms with Gasteiger partial charge in [0.2, 0.25) is 5.91 Å². The van der Waals surface area contributed by atoms with Crippen LogP contribution >= 0.6 is 0 Å².